The molecule has 0 bridgehead atoms. The molecule has 0 fully saturated rings. The second-order valence-electron chi connectivity index (χ2n) is 4.36. The number of rotatable bonds is 6. The summed E-state index contributed by atoms with van der Waals surface area (Å²) in [6.45, 7) is 2.57. The van der Waals surface area contributed by atoms with Crippen molar-refractivity contribution in [3.8, 4) is 11.8 Å². The zero-order valence-corrected chi connectivity index (χ0v) is 12.6. The first kappa shape index (κ1) is 16.5. The third kappa shape index (κ3) is 6.06. The van der Waals surface area contributed by atoms with Gasteiger partial charge in [-0.05, 0) is 37.1 Å². The SMILES string of the molecule is COCCCS(=O)(=O)Nc1cc(C)cc(C#CCN)c1. The monoisotopic (exact) mass is 296 g/mol. The maximum atomic E-state index is 11.9. The zero-order chi connectivity index (χ0) is 15.0. The number of hydrogen-bond acceptors (Lipinski definition) is 4. The zero-order valence-electron chi connectivity index (χ0n) is 11.8. The van der Waals surface area contributed by atoms with Crippen molar-refractivity contribution < 1.29 is 13.2 Å². The molecule has 5 nitrogen and oxygen atoms in total. The van der Waals surface area contributed by atoms with Crippen molar-refractivity contribution in [3.63, 3.8) is 0 Å². The highest BCUT2D eigenvalue weighted by atomic mass is 32.2. The lowest BCUT2D eigenvalue weighted by molar-refractivity contribution is 0.199. The largest absolute Gasteiger partial charge is 0.385 e. The summed E-state index contributed by atoms with van der Waals surface area (Å²) in [5.74, 6) is 5.67. The van der Waals surface area contributed by atoms with E-state index < -0.39 is 10.0 Å². The van der Waals surface area contributed by atoms with E-state index in [0.717, 1.165) is 11.1 Å². The van der Waals surface area contributed by atoms with Crippen LogP contribution in [0.5, 0.6) is 0 Å². The van der Waals surface area contributed by atoms with Gasteiger partial charge in [-0.2, -0.15) is 0 Å². The molecule has 0 saturated carbocycles. The van der Waals surface area contributed by atoms with E-state index in [2.05, 4.69) is 16.6 Å². The summed E-state index contributed by atoms with van der Waals surface area (Å²) in [6.07, 6.45) is 0.456. The topological polar surface area (TPSA) is 81.4 Å². The van der Waals surface area contributed by atoms with Gasteiger partial charge in [0.25, 0.3) is 0 Å². The van der Waals surface area contributed by atoms with Gasteiger partial charge in [0.1, 0.15) is 0 Å². The van der Waals surface area contributed by atoms with E-state index >= 15 is 0 Å². The molecule has 1 rings (SSSR count). The number of aryl methyl sites for hydroxylation is 1. The number of nitrogens with two attached hydrogens (primary N) is 1. The van der Waals surface area contributed by atoms with Gasteiger partial charge in [0, 0.05) is 25.0 Å². The van der Waals surface area contributed by atoms with Gasteiger partial charge < -0.3 is 10.5 Å². The minimum Gasteiger partial charge on any atom is -0.385 e. The van der Waals surface area contributed by atoms with Crippen LogP contribution < -0.4 is 10.5 Å². The number of hydrogen-bond donors (Lipinski definition) is 2. The normalized spacial score (nSPS) is 10.8. The van der Waals surface area contributed by atoms with Crippen LogP contribution in [-0.2, 0) is 14.8 Å². The summed E-state index contributed by atoms with van der Waals surface area (Å²) in [5.41, 5.74) is 7.52. The molecule has 0 saturated heterocycles. The molecule has 0 atom stereocenters. The van der Waals surface area contributed by atoms with E-state index in [4.69, 9.17) is 10.5 Å². The molecular weight excluding hydrogens is 276 g/mol. The van der Waals surface area contributed by atoms with Crippen molar-refractivity contribution in [1.29, 1.82) is 0 Å². The van der Waals surface area contributed by atoms with E-state index in [1.165, 1.54) is 0 Å². The van der Waals surface area contributed by atoms with Crippen LogP contribution in [-0.4, -0.2) is 34.4 Å². The van der Waals surface area contributed by atoms with Crippen molar-refractivity contribution in [2.45, 2.75) is 13.3 Å². The van der Waals surface area contributed by atoms with Crippen molar-refractivity contribution in [2.75, 3.05) is 30.7 Å². The molecule has 3 N–H and O–H groups in total. The quantitative estimate of drug-likeness (QED) is 0.608. The van der Waals surface area contributed by atoms with Crippen LogP contribution in [0.4, 0.5) is 5.69 Å². The molecule has 1 aromatic rings. The third-order valence-corrected chi connectivity index (χ3v) is 3.82. The molecule has 6 heteroatoms. The smallest absolute Gasteiger partial charge is 0.232 e. The summed E-state index contributed by atoms with van der Waals surface area (Å²) in [7, 11) is -1.82. The Hall–Kier alpha value is -1.55. The minimum absolute atomic E-state index is 0.0264. The van der Waals surface area contributed by atoms with Gasteiger partial charge in [0.15, 0.2) is 0 Å². The highest BCUT2D eigenvalue weighted by Crippen LogP contribution is 2.15. The van der Waals surface area contributed by atoms with E-state index in [1.807, 2.05) is 13.0 Å². The summed E-state index contributed by atoms with van der Waals surface area (Å²) in [4.78, 5) is 0. The molecule has 0 heterocycles. The highest BCUT2D eigenvalue weighted by molar-refractivity contribution is 7.92. The molecule has 0 unspecified atom stereocenters. The summed E-state index contributed by atoms with van der Waals surface area (Å²) in [5, 5.41) is 0. The Morgan fingerprint density at radius 3 is 2.75 bits per heavy atom. The van der Waals surface area contributed by atoms with Gasteiger partial charge in [0.2, 0.25) is 10.0 Å². The lowest BCUT2D eigenvalue weighted by atomic mass is 10.1. The predicted molar refractivity (Wildman–Crippen MR) is 81.0 cm³/mol. The van der Waals surface area contributed by atoms with Crippen LogP contribution in [0, 0.1) is 18.8 Å². The first-order valence-electron chi connectivity index (χ1n) is 6.27. The molecule has 0 aliphatic rings. The first-order valence-corrected chi connectivity index (χ1v) is 7.92. The Morgan fingerprint density at radius 2 is 2.10 bits per heavy atom. The van der Waals surface area contributed by atoms with Gasteiger partial charge in [-0.1, -0.05) is 11.8 Å². The number of nitrogens with one attached hydrogen (secondary N) is 1. The van der Waals surface area contributed by atoms with Crippen molar-refractivity contribution in [1.82, 2.24) is 0 Å². The average Bonchev–Trinajstić information content (AvgIpc) is 2.35. The summed E-state index contributed by atoms with van der Waals surface area (Å²) >= 11 is 0. The van der Waals surface area contributed by atoms with Gasteiger partial charge in [-0.25, -0.2) is 8.42 Å². The van der Waals surface area contributed by atoms with Gasteiger partial charge >= 0.3 is 0 Å². The molecule has 0 aliphatic heterocycles. The summed E-state index contributed by atoms with van der Waals surface area (Å²) < 4.78 is 31.2. The van der Waals surface area contributed by atoms with Gasteiger partial charge in [0.05, 0.1) is 12.3 Å². The number of benzene rings is 1. The Balaban J connectivity index is 2.83. The molecule has 0 aliphatic carbocycles. The molecular formula is C14H20N2O3S. The fourth-order valence-electron chi connectivity index (χ4n) is 1.69. The van der Waals surface area contributed by atoms with Crippen LogP contribution in [0.15, 0.2) is 18.2 Å². The van der Waals surface area contributed by atoms with Crippen molar-refractivity contribution in [2.24, 2.45) is 5.73 Å². The van der Waals surface area contributed by atoms with E-state index in [-0.39, 0.29) is 12.3 Å². The van der Waals surface area contributed by atoms with Crippen LogP contribution in [0.2, 0.25) is 0 Å². The Bertz CT molecular complexity index is 601. The standard InChI is InChI=1S/C14H20N2O3S/c1-12-9-13(5-3-6-15)11-14(10-12)16-20(17,18)8-4-7-19-2/h9-11,16H,4,6-8,15H2,1-2H3. The molecule has 0 amide bonds. The van der Waals surface area contributed by atoms with Crippen molar-refractivity contribution >= 4 is 15.7 Å². The molecule has 0 aromatic heterocycles. The van der Waals surface area contributed by atoms with Crippen LogP contribution in [0.25, 0.3) is 0 Å². The molecule has 0 spiro atoms. The first-order chi connectivity index (χ1) is 9.46. The Labute approximate surface area is 120 Å². The van der Waals surface area contributed by atoms with Crippen LogP contribution >= 0.6 is 0 Å². The Morgan fingerprint density at radius 1 is 1.35 bits per heavy atom. The molecule has 0 radical (unpaired) electrons. The van der Waals surface area contributed by atoms with Gasteiger partial charge in [-0.3, -0.25) is 4.72 Å². The lowest BCUT2D eigenvalue weighted by Gasteiger charge is -2.09. The third-order valence-electron chi connectivity index (χ3n) is 2.45. The van der Waals surface area contributed by atoms with Crippen LogP contribution in [0.1, 0.15) is 17.5 Å². The van der Waals surface area contributed by atoms with E-state index in [1.54, 1.807) is 19.2 Å². The highest BCUT2D eigenvalue weighted by Gasteiger charge is 2.10. The number of methoxy groups -OCH3 is 1. The number of ether oxygens (including phenoxy) is 1. The maximum Gasteiger partial charge on any atom is 0.232 e. The average molecular weight is 296 g/mol. The fraction of sp³-hybridized carbons (Fsp3) is 0.429. The second-order valence-corrected chi connectivity index (χ2v) is 6.20. The molecule has 20 heavy (non-hydrogen) atoms. The van der Waals surface area contributed by atoms with E-state index in [0.29, 0.717) is 18.7 Å². The molecule has 1 aromatic carbocycles. The Kier molecular flexibility index (Phi) is 6.52. The maximum absolute atomic E-state index is 11.9. The molecule has 110 valence electrons. The second kappa shape index (κ2) is 7.90. The number of anilines is 1. The lowest BCUT2D eigenvalue weighted by Crippen LogP contribution is -2.17. The minimum atomic E-state index is -3.36. The van der Waals surface area contributed by atoms with Crippen molar-refractivity contribution in [3.05, 3.63) is 29.3 Å². The fourth-order valence-corrected chi connectivity index (χ4v) is 2.77. The number of sulfonamides is 1. The van der Waals surface area contributed by atoms with Gasteiger partial charge in [-0.15, -0.1) is 0 Å². The van der Waals surface area contributed by atoms with Crippen LogP contribution in [0.3, 0.4) is 0 Å². The predicted octanol–water partition coefficient (Wildman–Crippen LogP) is 1.08. The van der Waals surface area contributed by atoms with E-state index in [9.17, 15) is 8.42 Å². The summed E-state index contributed by atoms with van der Waals surface area (Å²) in [6, 6.07) is 5.34.